The van der Waals surface area contributed by atoms with Crippen molar-refractivity contribution >= 4 is 5.78 Å². The summed E-state index contributed by atoms with van der Waals surface area (Å²) in [6.07, 6.45) is 1.25. The summed E-state index contributed by atoms with van der Waals surface area (Å²) < 4.78 is 29.0. The second-order valence-corrected chi connectivity index (χ2v) is 8.47. The highest BCUT2D eigenvalue weighted by Gasteiger charge is 2.42. The number of fused-ring (bicyclic) bond motifs is 3. The van der Waals surface area contributed by atoms with Gasteiger partial charge in [0.1, 0.15) is 19.3 Å². The monoisotopic (exact) mass is 539 g/mol. The molecule has 0 amide bonds. The number of halogens is 1. The number of methoxy groups -OCH3 is 1. The molecule has 8 heteroatoms. The molecule has 1 atom stereocenters. The van der Waals surface area contributed by atoms with Crippen LogP contribution in [0.4, 0.5) is 0 Å². The quantitative estimate of drug-likeness (QED) is 0.313. The third kappa shape index (κ3) is 3.80. The molecule has 0 bridgehead atoms. The fourth-order valence-corrected chi connectivity index (χ4v) is 4.63. The normalized spacial score (nSPS) is 19.8. The van der Waals surface area contributed by atoms with Crippen LogP contribution in [0.25, 0.3) is 0 Å². The predicted molar refractivity (Wildman–Crippen MR) is 109 cm³/mol. The van der Waals surface area contributed by atoms with Crippen LogP contribution in [0.2, 0.25) is 0 Å². The van der Waals surface area contributed by atoms with Crippen molar-refractivity contribution in [3.63, 3.8) is 0 Å². The highest BCUT2D eigenvalue weighted by Crippen LogP contribution is 2.51. The molecule has 31 heavy (non-hydrogen) atoms. The SMILES string of the molecule is COc1c2c(cc3c1C(CC(=O)c1ccc4c(c1)OCCO4)[N+](C)(C)CC3)OCO2.[I-]. The maximum absolute atomic E-state index is 13.3. The Morgan fingerprint density at radius 2 is 1.84 bits per heavy atom. The van der Waals surface area contributed by atoms with Crippen LogP contribution in [0, 0.1) is 0 Å². The second-order valence-electron chi connectivity index (χ2n) is 8.47. The van der Waals surface area contributed by atoms with Crippen LogP contribution in [0.3, 0.4) is 0 Å². The number of likely N-dealkylation sites (N-methyl/N-ethyl adjacent to an activating group) is 1. The van der Waals surface area contributed by atoms with E-state index in [1.54, 1.807) is 13.2 Å². The minimum absolute atomic E-state index is 0. The number of quaternary nitrogens is 1. The summed E-state index contributed by atoms with van der Waals surface area (Å²) in [5.74, 6) is 3.42. The van der Waals surface area contributed by atoms with Gasteiger partial charge >= 0.3 is 0 Å². The van der Waals surface area contributed by atoms with Gasteiger partial charge in [0.15, 0.2) is 28.8 Å². The Balaban J connectivity index is 0.00000231. The number of ether oxygens (including phenoxy) is 5. The first kappa shape index (κ1) is 22.0. The van der Waals surface area contributed by atoms with Gasteiger partial charge in [0, 0.05) is 12.0 Å². The lowest BCUT2D eigenvalue weighted by atomic mass is 9.86. The minimum Gasteiger partial charge on any atom is -1.00 e. The fraction of sp³-hybridized carbons (Fsp3) is 0.435. The van der Waals surface area contributed by atoms with Gasteiger partial charge in [-0.1, -0.05) is 0 Å². The molecule has 5 rings (SSSR count). The highest BCUT2D eigenvalue weighted by atomic mass is 127. The van der Waals surface area contributed by atoms with Crippen LogP contribution in [0.15, 0.2) is 24.3 Å². The number of Topliss-reactive ketones (excluding diaryl/α,β-unsaturated/α-hetero) is 1. The third-order valence-electron chi connectivity index (χ3n) is 6.33. The van der Waals surface area contributed by atoms with Crippen LogP contribution in [-0.4, -0.2) is 58.0 Å². The van der Waals surface area contributed by atoms with Crippen molar-refractivity contribution in [3.8, 4) is 28.7 Å². The summed E-state index contributed by atoms with van der Waals surface area (Å²) in [6, 6.07) is 7.41. The summed E-state index contributed by atoms with van der Waals surface area (Å²) in [6.45, 7) is 2.14. The lowest BCUT2D eigenvalue weighted by molar-refractivity contribution is -0.922. The Morgan fingerprint density at radius 1 is 1.06 bits per heavy atom. The van der Waals surface area contributed by atoms with Crippen molar-refractivity contribution in [2.75, 3.05) is 47.8 Å². The molecular formula is C23H26INO6. The third-order valence-corrected chi connectivity index (χ3v) is 6.33. The number of carbonyl (C=O) groups is 1. The first-order valence-electron chi connectivity index (χ1n) is 10.2. The molecule has 2 aromatic carbocycles. The van der Waals surface area contributed by atoms with E-state index in [2.05, 4.69) is 14.1 Å². The average molecular weight is 539 g/mol. The first-order chi connectivity index (χ1) is 14.5. The number of ketones is 1. The molecule has 0 aromatic heterocycles. The molecule has 3 aliphatic heterocycles. The number of benzene rings is 2. The molecule has 7 nitrogen and oxygen atoms in total. The molecule has 0 N–H and O–H groups in total. The topological polar surface area (TPSA) is 63.2 Å². The standard InChI is InChI=1S/C23H26NO6.HI/c1-24(2)7-6-15-11-20-22(30-13-29-20)23(26-3)21(15)16(24)12-17(25)14-4-5-18-19(10-14)28-9-8-27-18;/h4-5,10-11,16H,6-9,12-13H2,1-3H3;1H/q+1;/p-1. The van der Waals surface area contributed by atoms with E-state index in [-0.39, 0.29) is 42.6 Å². The van der Waals surface area contributed by atoms with Gasteiger partial charge < -0.3 is 52.1 Å². The smallest absolute Gasteiger partial charge is 0.231 e. The van der Waals surface area contributed by atoms with Crippen LogP contribution >= 0.6 is 0 Å². The van der Waals surface area contributed by atoms with Crippen LogP contribution in [0.1, 0.15) is 33.9 Å². The number of hydrogen-bond acceptors (Lipinski definition) is 6. The van der Waals surface area contributed by atoms with Crippen LogP contribution < -0.4 is 47.7 Å². The molecule has 3 aliphatic rings. The molecule has 0 fully saturated rings. The van der Waals surface area contributed by atoms with E-state index in [9.17, 15) is 4.79 Å². The molecule has 0 saturated carbocycles. The van der Waals surface area contributed by atoms with E-state index >= 15 is 0 Å². The van der Waals surface area contributed by atoms with E-state index < -0.39 is 0 Å². The van der Waals surface area contributed by atoms with Crippen LogP contribution in [0.5, 0.6) is 28.7 Å². The first-order valence-corrected chi connectivity index (χ1v) is 10.2. The molecule has 2 aromatic rings. The predicted octanol–water partition coefficient (Wildman–Crippen LogP) is 0.146. The van der Waals surface area contributed by atoms with Crippen molar-refractivity contribution in [3.05, 3.63) is 41.0 Å². The zero-order valence-corrected chi connectivity index (χ0v) is 20.1. The second kappa shape index (κ2) is 8.38. The molecule has 0 saturated heterocycles. The van der Waals surface area contributed by atoms with E-state index in [0.29, 0.717) is 52.7 Å². The lowest BCUT2D eigenvalue weighted by Crippen LogP contribution is -3.00. The van der Waals surface area contributed by atoms with Gasteiger partial charge in [-0.05, 0) is 29.8 Å². The van der Waals surface area contributed by atoms with Gasteiger partial charge in [-0.2, -0.15) is 0 Å². The summed E-state index contributed by atoms with van der Waals surface area (Å²) in [7, 11) is 5.97. The average Bonchev–Trinajstić information content (AvgIpc) is 3.22. The highest BCUT2D eigenvalue weighted by molar-refractivity contribution is 5.97. The van der Waals surface area contributed by atoms with Crippen molar-refractivity contribution in [1.29, 1.82) is 0 Å². The van der Waals surface area contributed by atoms with Crippen molar-refractivity contribution in [2.24, 2.45) is 0 Å². The largest absolute Gasteiger partial charge is 1.00 e. The summed E-state index contributed by atoms with van der Waals surface area (Å²) >= 11 is 0. The summed E-state index contributed by atoms with van der Waals surface area (Å²) in [5, 5.41) is 0. The van der Waals surface area contributed by atoms with Crippen molar-refractivity contribution < 1.29 is 56.9 Å². The van der Waals surface area contributed by atoms with E-state index in [0.717, 1.165) is 29.8 Å². The molecule has 0 aliphatic carbocycles. The van der Waals surface area contributed by atoms with Gasteiger partial charge in [-0.3, -0.25) is 4.79 Å². The van der Waals surface area contributed by atoms with Crippen LogP contribution in [-0.2, 0) is 6.42 Å². The zero-order valence-electron chi connectivity index (χ0n) is 17.9. The molecular weight excluding hydrogens is 513 g/mol. The zero-order chi connectivity index (χ0) is 20.9. The van der Waals surface area contributed by atoms with Gasteiger partial charge in [0.05, 0.1) is 39.7 Å². The molecule has 0 spiro atoms. The fourth-order valence-electron chi connectivity index (χ4n) is 4.63. The Hall–Kier alpha value is -2.20. The van der Waals surface area contributed by atoms with Crippen molar-refractivity contribution in [1.82, 2.24) is 0 Å². The number of nitrogens with zero attached hydrogens (tertiary/aromatic N) is 1. The Morgan fingerprint density at radius 3 is 2.61 bits per heavy atom. The molecule has 0 radical (unpaired) electrons. The Kier molecular flexibility index (Phi) is 5.95. The number of rotatable bonds is 4. The lowest BCUT2D eigenvalue weighted by Gasteiger charge is -2.43. The van der Waals surface area contributed by atoms with E-state index in [1.807, 2.05) is 18.2 Å². The van der Waals surface area contributed by atoms with Crippen molar-refractivity contribution in [2.45, 2.75) is 18.9 Å². The summed E-state index contributed by atoms with van der Waals surface area (Å²) in [4.78, 5) is 13.3. The van der Waals surface area contributed by atoms with Gasteiger partial charge in [0.25, 0.3) is 0 Å². The minimum atomic E-state index is -0.0566. The molecule has 3 heterocycles. The Bertz CT molecular complexity index is 1020. The van der Waals surface area contributed by atoms with E-state index in [1.165, 1.54) is 0 Å². The van der Waals surface area contributed by atoms with E-state index in [4.69, 9.17) is 23.7 Å². The van der Waals surface area contributed by atoms with Gasteiger partial charge in [-0.25, -0.2) is 0 Å². The van der Waals surface area contributed by atoms with Gasteiger partial charge in [0.2, 0.25) is 12.5 Å². The summed E-state index contributed by atoms with van der Waals surface area (Å²) in [5.41, 5.74) is 2.84. The number of carbonyl (C=O) groups excluding carboxylic acids is 1. The number of hydrogen-bond donors (Lipinski definition) is 0. The maximum Gasteiger partial charge on any atom is 0.231 e. The maximum atomic E-state index is 13.3. The Labute approximate surface area is 198 Å². The molecule has 166 valence electrons. The van der Waals surface area contributed by atoms with Gasteiger partial charge in [-0.15, -0.1) is 0 Å². The molecule has 1 unspecified atom stereocenters.